The standard InChI is InChI=1S/C23H22N4O7S/c1-31-18-12-16(33-17-10-15(28)11-17)4-5-21(18)35(29,30)26-23-22-19(32-2)8-14(9-20(22)34-25-23)13-27-7-3-6-24-27/h3-9,12,17H,10-11,13H2,1-2H3,(H,25,26). The number of sulfonamides is 1. The predicted molar refractivity (Wildman–Crippen MR) is 124 cm³/mol. The van der Waals surface area contributed by atoms with Gasteiger partial charge in [-0.15, -0.1) is 0 Å². The lowest BCUT2D eigenvalue weighted by Crippen LogP contribution is -2.33. The maximum absolute atomic E-state index is 13.2. The minimum atomic E-state index is -4.12. The molecular formula is C23H22N4O7S. The largest absolute Gasteiger partial charge is 0.496 e. The summed E-state index contributed by atoms with van der Waals surface area (Å²) in [5.41, 5.74) is 1.20. The number of rotatable bonds is 9. The van der Waals surface area contributed by atoms with E-state index in [4.69, 9.17) is 18.7 Å². The van der Waals surface area contributed by atoms with Crippen LogP contribution in [0.4, 0.5) is 5.82 Å². The van der Waals surface area contributed by atoms with Crippen molar-refractivity contribution < 1.29 is 31.9 Å². The summed E-state index contributed by atoms with van der Waals surface area (Å²) >= 11 is 0. The van der Waals surface area contributed by atoms with E-state index in [0.29, 0.717) is 41.9 Å². The van der Waals surface area contributed by atoms with Crippen molar-refractivity contribution >= 4 is 32.6 Å². The van der Waals surface area contributed by atoms with Crippen LogP contribution in [0.5, 0.6) is 17.2 Å². The number of Topliss-reactive ketones (excluding diaryl/α,β-unsaturated/α-hetero) is 1. The molecule has 1 saturated carbocycles. The van der Waals surface area contributed by atoms with Crippen molar-refractivity contribution in [1.29, 1.82) is 0 Å². The van der Waals surface area contributed by atoms with E-state index in [9.17, 15) is 13.2 Å². The highest BCUT2D eigenvalue weighted by molar-refractivity contribution is 7.92. The lowest BCUT2D eigenvalue weighted by Gasteiger charge is -2.25. The summed E-state index contributed by atoms with van der Waals surface area (Å²) in [7, 11) is -1.27. The Morgan fingerprint density at radius 1 is 1.14 bits per heavy atom. The van der Waals surface area contributed by atoms with Crippen molar-refractivity contribution in [3.8, 4) is 17.2 Å². The van der Waals surface area contributed by atoms with Gasteiger partial charge in [-0.1, -0.05) is 5.16 Å². The van der Waals surface area contributed by atoms with Crippen LogP contribution in [0.15, 0.2) is 58.2 Å². The number of ether oxygens (including phenoxy) is 3. The third-order valence-electron chi connectivity index (χ3n) is 5.59. The Balaban J connectivity index is 1.43. The van der Waals surface area contributed by atoms with Crippen LogP contribution in [-0.2, 0) is 21.4 Å². The van der Waals surface area contributed by atoms with Gasteiger partial charge in [-0.3, -0.25) is 14.2 Å². The van der Waals surface area contributed by atoms with E-state index in [1.165, 1.54) is 32.4 Å². The summed E-state index contributed by atoms with van der Waals surface area (Å²) in [6.45, 7) is 0.474. The monoisotopic (exact) mass is 498 g/mol. The average molecular weight is 499 g/mol. The van der Waals surface area contributed by atoms with Gasteiger partial charge in [-0.2, -0.15) is 5.10 Å². The number of ketones is 1. The third kappa shape index (κ3) is 4.52. The molecule has 0 spiro atoms. The first-order chi connectivity index (χ1) is 16.9. The van der Waals surface area contributed by atoms with Gasteiger partial charge in [0.1, 0.15) is 39.4 Å². The number of carbonyl (C=O) groups is 1. The molecule has 0 aliphatic heterocycles. The topological polar surface area (TPSA) is 135 Å². The van der Waals surface area contributed by atoms with E-state index in [2.05, 4.69) is 15.0 Å². The number of hydrogen-bond acceptors (Lipinski definition) is 9. The zero-order valence-corrected chi connectivity index (χ0v) is 19.7. The number of methoxy groups -OCH3 is 2. The summed E-state index contributed by atoms with van der Waals surface area (Å²) in [5.74, 6) is 1.01. The zero-order chi connectivity index (χ0) is 24.6. The van der Waals surface area contributed by atoms with Crippen molar-refractivity contribution in [3.63, 3.8) is 0 Å². The van der Waals surface area contributed by atoms with Crippen molar-refractivity contribution in [1.82, 2.24) is 14.9 Å². The molecule has 0 amide bonds. The number of nitrogens with one attached hydrogen (secondary N) is 1. The Kier molecular flexibility index (Phi) is 5.81. The molecule has 11 nitrogen and oxygen atoms in total. The highest BCUT2D eigenvalue weighted by Gasteiger charge is 2.29. The first-order valence-electron chi connectivity index (χ1n) is 10.7. The summed E-state index contributed by atoms with van der Waals surface area (Å²) in [6, 6.07) is 9.71. The first-order valence-corrected chi connectivity index (χ1v) is 12.2. The maximum Gasteiger partial charge on any atom is 0.266 e. The molecule has 0 radical (unpaired) electrons. The molecule has 2 heterocycles. The number of nitrogens with zero attached hydrogens (tertiary/aromatic N) is 3. The molecule has 0 unspecified atom stereocenters. The van der Waals surface area contributed by atoms with Crippen LogP contribution >= 0.6 is 0 Å². The van der Waals surface area contributed by atoms with Crippen molar-refractivity contribution in [3.05, 3.63) is 54.4 Å². The fourth-order valence-corrected chi connectivity index (χ4v) is 5.00. The molecule has 5 rings (SSSR count). The van der Waals surface area contributed by atoms with E-state index >= 15 is 0 Å². The lowest BCUT2D eigenvalue weighted by molar-refractivity contribution is -0.129. The molecule has 0 saturated heterocycles. The molecule has 182 valence electrons. The van der Waals surface area contributed by atoms with Gasteiger partial charge >= 0.3 is 0 Å². The Hall–Kier alpha value is -4.06. The molecule has 1 aliphatic carbocycles. The minimum Gasteiger partial charge on any atom is -0.496 e. The van der Waals surface area contributed by atoms with Crippen molar-refractivity contribution in [2.24, 2.45) is 0 Å². The van der Waals surface area contributed by atoms with Crippen molar-refractivity contribution in [2.75, 3.05) is 18.9 Å². The van der Waals surface area contributed by atoms with E-state index in [0.717, 1.165) is 5.56 Å². The Morgan fingerprint density at radius 3 is 2.63 bits per heavy atom. The van der Waals surface area contributed by atoms with Crippen LogP contribution in [0, 0.1) is 0 Å². The second-order valence-electron chi connectivity index (χ2n) is 8.01. The van der Waals surface area contributed by atoms with Gasteiger partial charge in [0, 0.05) is 31.3 Å². The second-order valence-corrected chi connectivity index (χ2v) is 9.66. The Bertz CT molecular complexity index is 1490. The molecule has 1 aliphatic rings. The van der Waals surface area contributed by atoms with Crippen LogP contribution in [0.1, 0.15) is 18.4 Å². The van der Waals surface area contributed by atoms with Crippen LogP contribution < -0.4 is 18.9 Å². The molecule has 12 heteroatoms. The number of anilines is 1. The van der Waals surface area contributed by atoms with Crippen LogP contribution in [-0.4, -0.2) is 49.5 Å². The smallest absolute Gasteiger partial charge is 0.266 e. The lowest BCUT2D eigenvalue weighted by atomic mass is 9.94. The van der Waals surface area contributed by atoms with E-state index in [1.807, 2.05) is 12.3 Å². The van der Waals surface area contributed by atoms with Gasteiger partial charge in [0.25, 0.3) is 10.0 Å². The fourth-order valence-electron chi connectivity index (χ4n) is 3.84. The van der Waals surface area contributed by atoms with Gasteiger partial charge in [0.2, 0.25) is 0 Å². The van der Waals surface area contributed by atoms with E-state index in [-0.39, 0.29) is 28.4 Å². The predicted octanol–water partition coefficient (Wildman–Crippen LogP) is 3.00. The summed E-state index contributed by atoms with van der Waals surface area (Å²) < 4.78 is 52.6. The van der Waals surface area contributed by atoms with Crippen LogP contribution in [0.2, 0.25) is 0 Å². The molecule has 2 aromatic heterocycles. The van der Waals surface area contributed by atoms with Crippen LogP contribution in [0.3, 0.4) is 0 Å². The number of benzene rings is 2. The summed E-state index contributed by atoms with van der Waals surface area (Å²) in [6.07, 6.45) is 3.98. The first kappa shape index (κ1) is 22.7. The maximum atomic E-state index is 13.2. The summed E-state index contributed by atoms with van der Waals surface area (Å²) in [4.78, 5) is 11.1. The molecule has 0 atom stereocenters. The fraction of sp³-hybridized carbons (Fsp3) is 0.261. The molecule has 1 N–H and O–H groups in total. The number of hydrogen-bond donors (Lipinski definition) is 1. The molecule has 4 aromatic rings. The number of fused-ring (bicyclic) bond motifs is 1. The van der Waals surface area contributed by atoms with Gasteiger partial charge in [-0.25, -0.2) is 8.42 Å². The number of aromatic nitrogens is 3. The summed E-state index contributed by atoms with van der Waals surface area (Å²) in [5, 5.41) is 8.50. The highest BCUT2D eigenvalue weighted by atomic mass is 32.2. The minimum absolute atomic E-state index is 0.0159. The normalized spacial score (nSPS) is 14.1. The van der Waals surface area contributed by atoms with Gasteiger partial charge in [-0.05, 0) is 35.9 Å². The van der Waals surface area contributed by atoms with Gasteiger partial charge in [0.15, 0.2) is 11.4 Å². The Morgan fingerprint density at radius 2 is 1.94 bits per heavy atom. The Labute approximate surface area is 200 Å². The number of carbonyl (C=O) groups excluding carboxylic acids is 1. The third-order valence-corrected chi connectivity index (χ3v) is 6.97. The molecular weight excluding hydrogens is 476 g/mol. The van der Waals surface area contributed by atoms with Gasteiger partial charge in [0.05, 0.1) is 20.8 Å². The van der Waals surface area contributed by atoms with E-state index in [1.54, 1.807) is 23.0 Å². The quantitative estimate of drug-likeness (QED) is 0.369. The SMILES string of the molecule is COc1cc(OC2CC(=O)C2)ccc1S(=O)(=O)Nc1noc2cc(Cn3cccn3)cc(OC)c12. The molecule has 2 aromatic carbocycles. The van der Waals surface area contributed by atoms with Crippen LogP contribution in [0.25, 0.3) is 11.0 Å². The molecule has 1 fully saturated rings. The van der Waals surface area contributed by atoms with E-state index < -0.39 is 10.0 Å². The second kappa shape index (κ2) is 8.95. The zero-order valence-electron chi connectivity index (χ0n) is 18.9. The molecule has 0 bridgehead atoms. The molecule has 35 heavy (non-hydrogen) atoms. The van der Waals surface area contributed by atoms with Gasteiger partial charge < -0.3 is 18.7 Å². The van der Waals surface area contributed by atoms with Crippen molar-refractivity contribution in [2.45, 2.75) is 30.4 Å². The highest BCUT2D eigenvalue weighted by Crippen LogP contribution is 2.37. The average Bonchev–Trinajstić information content (AvgIpc) is 3.47.